The maximum atomic E-state index is 14.7. The first-order chi connectivity index (χ1) is 13.0. The van der Waals surface area contributed by atoms with Gasteiger partial charge in [0, 0.05) is 17.3 Å². The average molecular weight is 389 g/mol. The van der Waals surface area contributed by atoms with E-state index in [4.69, 9.17) is 16.3 Å². The van der Waals surface area contributed by atoms with Crippen LogP contribution < -0.4 is 4.90 Å². The van der Waals surface area contributed by atoms with Gasteiger partial charge >= 0.3 is 6.09 Å². The zero-order valence-corrected chi connectivity index (χ0v) is 15.0. The fourth-order valence-corrected chi connectivity index (χ4v) is 2.95. The van der Waals surface area contributed by atoms with Gasteiger partial charge in [-0.3, -0.25) is 9.88 Å². The molecule has 8 nitrogen and oxygen atoms in total. The van der Waals surface area contributed by atoms with E-state index in [1.807, 2.05) is 0 Å². The fourth-order valence-electron chi connectivity index (χ4n) is 2.79. The molecule has 1 aromatic carbocycles. The first kappa shape index (κ1) is 17.3. The minimum absolute atomic E-state index is 0.196. The summed E-state index contributed by atoms with van der Waals surface area (Å²) in [6.07, 6.45) is 0.612. The molecule has 1 aliphatic heterocycles. The van der Waals surface area contributed by atoms with Gasteiger partial charge in [0.25, 0.3) is 0 Å². The Kier molecular flexibility index (Phi) is 4.44. The molecule has 138 valence electrons. The van der Waals surface area contributed by atoms with E-state index in [0.29, 0.717) is 34.9 Å². The largest absolute Gasteiger partial charge is 0.443 e. The maximum absolute atomic E-state index is 14.7. The molecule has 1 fully saturated rings. The number of benzene rings is 1. The van der Waals surface area contributed by atoms with Gasteiger partial charge in [-0.25, -0.2) is 9.18 Å². The second-order valence-corrected chi connectivity index (χ2v) is 6.28. The number of halogens is 2. The zero-order valence-electron chi connectivity index (χ0n) is 14.2. The summed E-state index contributed by atoms with van der Waals surface area (Å²) in [6.45, 7) is 0.294. The number of alkyl halides is 1. The monoisotopic (exact) mass is 388 g/mol. The van der Waals surface area contributed by atoms with Crippen molar-refractivity contribution in [2.75, 3.05) is 17.3 Å². The maximum Gasteiger partial charge on any atom is 0.414 e. The minimum Gasteiger partial charge on any atom is -0.443 e. The number of anilines is 1. The van der Waals surface area contributed by atoms with Gasteiger partial charge in [0.05, 0.1) is 25.2 Å². The normalized spacial score (nSPS) is 16.6. The van der Waals surface area contributed by atoms with Crippen LogP contribution in [0, 0.1) is 5.82 Å². The predicted molar refractivity (Wildman–Crippen MR) is 95.8 cm³/mol. The number of pyridine rings is 1. The van der Waals surface area contributed by atoms with Crippen LogP contribution in [-0.2, 0) is 11.8 Å². The van der Waals surface area contributed by atoms with E-state index in [-0.39, 0.29) is 5.88 Å². The highest BCUT2D eigenvalue weighted by atomic mass is 35.5. The molecule has 0 saturated carbocycles. The van der Waals surface area contributed by atoms with Crippen LogP contribution >= 0.6 is 11.6 Å². The second kappa shape index (κ2) is 6.92. The SMILES string of the molecule is Cn1nnc(-c2ccc(-c3ccc(N4CC(CCl)OC4=O)cc3F)cn2)n1. The third kappa shape index (κ3) is 3.33. The van der Waals surface area contributed by atoms with Crippen molar-refractivity contribution in [2.45, 2.75) is 6.10 Å². The molecule has 1 unspecified atom stereocenters. The van der Waals surface area contributed by atoms with Crippen molar-refractivity contribution in [1.29, 1.82) is 0 Å². The smallest absolute Gasteiger partial charge is 0.414 e. The molecule has 3 heterocycles. The molecule has 4 rings (SSSR count). The lowest BCUT2D eigenvalue weighted by Crippen LogP contribution is -2.24. The van der Waals surface area contributed by atoms with Crippen LogP contribution in [0.2, 0.25) is 0 Å². The lowest BCUT2D eigenvalue weighted by atomic mass is 10.1. The van der Waals surface area contributed by atoms with Crippen molar-refractivity contribution in [3.63, 3.8) is 0 Å². The van der Waals surface area contributed by atoms with Gasteiger partial charge in [0.1, 0.15) is 17.6 Å². The Labute approximate surface area is 158 Å². The summed E-state index contributed by atoms with van der Waals surface area (Å²) >= 11 is 5.72. The Morgan fingerprint density at radius 1 is 1.33 bits per heavy atom. The number of aryl methyl sites for hydroxylation is 1. The number of aromatic nitrogens is 5. The molecule has 10 heteroatoms. The molecular weight excluding hydrogens is 375 g/mol. The Hall–Kier alpha value is -3.07. The molecule has 1 atom stereocenters. The van der Waals surface area contributed by atoms with E-state index < -0.39 is 18.0 Å². The summed E-state index contributed by atoms with van der Waals surface area (Å²) in [5.41, 5.74) is 1.92. The van der Waals surface area contributed by atoms with Crippen molar-refractivity contribution in [2.24, 2.45) is 7.05 Å². The van der Waals surface area contributed by atoms with Crippen LogP contribution in [0.15, 0.2) is 36.5 Å². The number of ether oxygens (including phenoxy) is 1. The van der Waals surface area contributed by atoms with E-state index in [2.05, 4.69) is 20.4 Å². The lowest BCUT2D eigenvalue weighted by Gasteiger charge is -2.14. The van der Waals surface area contributed by atoms with Crippen molar-refractivity contribution < 1.29 is 13.9 Å². The van der Waals surface area contributed by atoms with E-state index in [1.165, 1.54) is 22.0 Å². The van der Waals surface area contributed by atoms with Gasteiger partial charge in [0.2, 0.25) is 5.82 Å². The average Bonchev–Trinajstić information content (AvgIpc) is 3.27. The number of rotatable bonds is 4. The molecule has 1 saturated heterocycles. The predicted octanol–water partition coefficient (Wildman–Crippen LogP) is 2.64. The first-order valence-electron chi connectivity index (χ1n) is 8.09. The standard InChI is InChI=1S/C17H14ClFN6O2/c1-24-22-16(21-23-24)15-5-2-10(8-20-15)13-4-3-11(6-14(13)19)25-9-12(7-18)27-17(25)26/h2-6,8,12H,7,9H2,1H3. The van der Waals surface area contributed by atoms with Crippen LogP contribution in [0.1, 0.15) is 0 Å². The van der Waals surface area contributed by atoms with Gasteiger partial charge in [0.15, 0.2) is 0 Å². The fraction of sp³-hybridized carbons (Fsp3) is 0.235. The van der Waals surface area contributed by atoms with Crippen LogP contribution in [-0.4, -0.2) is 49.8 Å². The Bertz CT molecular complexity index is 993. The highest BCUT2D eigenvalue weighted by molar-refractivity contribution is 6.18. The molecule has 0 spiro atoms. The molecule has 0 radical (unpaired) electrons. The number of cyclic esters (lactones) is 1. The molecule has 0 aliphatic carbocycles. The Balaban J connectivity index is 1.58. The van der Waals surface area contributed by atoms with Gasteiger partial charge < -0.3 is 4.74 Å². The van der Waals surface area contributed by atoms with Crippen molar-refractivity contribution >= 4 is 23.4 Å². The summed E-state index contributed by atoms with van der Waals surface area (Å²) in [7, 11) is 1.66. The van der Waals surface area contributed by atoms with Crippen LogP contribution in [0.4, 0.5) is 14.9 Å². The first-order valence-corrected chi connectivity index (χ1v) is 8.63. The third-order valence-corrected chi connectivity index (χ3v) is 4.47. The van der Waals surface area contributed by atoms with E-state index in [1.54, 1.807) is 31.3 Å². The summed E-state index contributed by atoms with van der Waals surface area (Å²) in [6, 6.07) is 7.98. The van der Waals surface area contributed by atoms with Gasteiger partial charge in [-0.2, -0.15) is 4.80 Å². The van der Waals surface area contributed by atoms with Crippen LogP contribution in [0.5, 0.6) is 0 Å². The molecule has 2 aromatic heterocycles. The van der Waals surface area contributed by atoms with E-state index in [9.17, 15) is 9.18 Å². The molecule has 3 aromatic rings. The number of hydrogen-bond donors (Lipinski definition) is 0. The molecule has 27 heavy (non-hydrogen) atoms. The molecule has 1 amide bonds. The van der Waals surface area contributed by atoms with Crippen molar-refractivity contribution in [3.8, 4) is 22.6 Å². The Morgan fingerprint density at radius 3 is 2.78 bits per heavy atom. The zero-order chi connectivity index (χ0) is 19.0. The summed E-state index contributed by atoms with van der Waals surface area (Å²) in [4.78, 5) is 18.8. The minimum atomic E-state index is -0.532. The highest BCUT2D eigenvalue weighted by Crippen LogP contribution is 2.29. The van der Waals surface area contributed by atoms with Crippen LogP contribution in [0.3, 0.4) is 0 Å². The van der Waals surface area contributed by atoms with Gasteiger partial charge in [-0.15, -0.1) is 21.8 Å². The number of amides is 1. The molecule has 1 aliphatic rings. The quantitative estimate of drug-likeness (QED) is 0.639. The molecular formula is C17H14ClFN6O2. The van der Waals surface area contributed by atoms with E-state index >= 15 is 0 Å². The van der Waals surface area contributed by atoms with Gasteiger partial charge in [-0.05, 0) is 29.5 Å². The Morgan fingerprint density at radius 2 is 2.19 bits per heavy atom. The number of carbonyl (C=O) groups is 1. The third-order valence-electron chi connectivity index (χ3n) is 4.12. The summed E-state index contributed by atoms with van der Waals surface area (Å²) in [5.74, 6) is 0.115. The summed E-state index contributed by atoms with van der Waals surface area (Å²) in [5, 5.41) is 11.7. The second-order valence-electron chi connectivity index (χ2n) is 5.97. The topological polar surface area (TPSA) is 86.0 Å². The molecule has 0 bridgehead atoms. The number of tetrazole rings is 1. The number of nitrogens with zero attached hydrogens (tertiary/aromatic N) is 6. The summed E-state index contributed by atoms with van der Waals surface area (Å²) < 4.78 is 19.7. The van der Waals surface area contributed by atoms with E-state index in [0.717, 1.165) is 0 Å². The molecule has 0 N–H and O–H groups in total. The number of carbonyl (C=O) groups excluding carboxylic acids is 1. The van der Waals surface area contributed by atoms with Gasteiger partial charge in [-0.1, -0.05) is 6.07 Å². The lowest BCUT2D eigenvalue weighted by molar-refractivity contribution is 0.151. The van der Waals surface area contributed by atoms with Crippen LogP contribution in [0.25, 0.3) is 22.6 Å². The van der Waals surface area contributed by atoms with Crippen molar-refractivity contribution in [1.82, 2.24) is 25.2 Å². The highest BCUT2D eigenvalue weighted by Gasteiger charge is 2.32. The number of hydrogen-bond acceptors (Lipinski definition) is 6. The van der Waals surface area contributed by atoms with Crippen molar-refractivity contribution in [3.05, 3.63) is 42.3 Å².